The molecular formula is C23H20F3NO2S. The number of alkyl halides is 3. The topological polar surface area (TPSA) is 37.4 Å². The fraction of sp³-hybridized carbons (Fsp3) is 0.217. The molecule has 0 aromatic heterocycles. The number of fused-ring (bicyclic) bond motifs is 1. The maximum absolute atomic E-state index is 13.4. The molecule has 1 aliphatic heterocycles. The zero-order chi connectivity index (χ0) is 21.5. The van der Waals surface area contributed by atoms with E-state index in [0.717, 1.165) is 28.8 Å². The highest BCUT2D eigenvalue weighted by Crippen LogP contribution is 2.40. The van der Waals surface area contributed by atoms with Gasteiger partial charge in [0.25, 0.3) is 0 Å². The van der Waals surface area contributed by atoms with Gasteiger partial charge in [-0.3, -0.25) is 0 Å². The number of rotatable bonds is 4. The zero-order valence-electron chi connectivity index (χ0n) is 16.2. The molecule has 0 amide bonds. The van der Waals surface area contributed by atoms with Gasteiger partial charge in [-0.1, -0.05) is 54.1 Å². The van der Waals surface area contributed by atoms with E-state index >= 15 is 0 Å². The molecule has 3 nitrogen and oxygen atoms in total. The molecule has 0 N–H and O–H groups in total. The molecule has 7 heteroatoms. The van der Waals surface area contributed by atoms with Crippen molar-refractivity contribution in [2.24, 2.45) is 0 Å². The van der Waals surface area contributed by atoms with E-state index in [0.29, 0.717) is 12.0 Å². The molecule has 1 heterocycles. The number of nitrogens with zero attached hydrogens (tertiary/aromatic N) is 1. The molecule has 156 valence electrons. The first-order valence-corrected chi connectivity index (χ1v) is 10.9. The van der Waals surface area contributed by atoms with Gasteiger partial charge in [0.1, 0.15) is 0 Å². The average Bonchev–Trinajstić information content (AvgIpc) is 3.07. The van der Waals surface area contributed by atoms with Crippen molar-refractivity contribution in [1.29, 1.82) is 0 Å². The number of sulfonamides is 1. The van der Waals surface area contributed by atoms with Crippen molar-refractivity contribution in [1.82, 2.24) is 4.31 Å². The van der Waals surface area contributed by atoms with Crippen LogP contribution in [0, 0.1) is 6.92 Å². The highest BCUT2D eigenvalue weighted by atomic mass is 32.2. The van der Waals surface area contributed by atoms with Gasteiger partial charge in [-0.05, 0) is 54.3 Å². The lowest BCUT2D eigenvalue weighted by atomic mass is 9.98. The van der Waals surface area contributed by atoms with E-state index in [1.807, 2.05) is 31.2 Å². The summed E-state index contributed by atoms with van der Waals surface area (Å²) in [4.78, 5) is 0.207. The van der Waals surface area contributed by atoms with Crippen LogP contribution in [0.25, 0.3) is 0 Å². The number of hydrogen-bond acceptors (Lipinski definition) is 2. The van der Waals surface area contributed by atoms with Gasteiger partial charge < -0.3 is 0 Å². The van der Waals surface area contributed by atoms with Crippen molar-refractivity contribution >= 4 is 10.0 Å². The van der Waals surface area contributed by atoms with Crippen LogP contribution in [0.3, 0.4) is 0 Å². The van der Waals surface area contributed by atoms with Gasteiger partial charge >= 0.3 is 6.18 Å². The second-order valence-electron chi connectivity index (χ2n) is 7.48. The minimum atomic E-state index is -4.40. The van der Waals surface area contributed by atoms with Crippen molar-refractivity contribution in [2.45, 2.75) is 37.0 Å². The molecule has 4 rings (SSSR count). The maximum Gasteiger partial charge on any atom is 0.416 e. The summed E-state index contributed by atoms with van der Waals surface area (Å²) in [6.45, 7) is 2.12. The van der Waals surface area contributed by atoms with Gasteiger partial charge in [-0.2, -0.15) is 17.5 Å². The molecule has 0 saturated carbocycles. The predicted octanol–water partition coefficient (Wildman–Crippen LogP) is 5.50. The Morgan fingerprint density at radius 2 is 1.57 bits per heavy atom. The van der Waals surface area contributed by atoms with Gasteiger partial charge in [-0.25, -0.2) is 8.42 Å². The third kappa shape index (κ3) is 3.87. The highest BCUT2D eigenvalue weighted by Gasteiger charge is 2.39. The summed E-state index contributed by atoms with van der Waals surface area (Å²) in [5.41, 5.74) is 2.68. The van der Waals surface area contributed by atoms with E-state index in [2.05, 4.69) is 0 Å². The Balaban J connectivity index is 1.70. The summed E-state index contributed by atoms with van der Waals surface area (Å²) in [6.07, 6.45) is -4.11. The lowest BCUT2D eigenvalue weighted by Crippen LogP contribution is -2.31. The van der Waals surface area contributed by atoms with Gasteiger partial charge in [0.05, 0.1) is 16.5 Å². The number of benzene rings is 3. The fourth-order valence-electron chi connectivity index (χ4n) is 3.80. The van der Waals surface area contributed by atoms with Crippen molar-refractivity contribution < 1.29 is 21.6 Å². The maximum atomic E-state index is 13.4. The summed E-state index contributed by atoms with van der Waals surface area (Å²) in [5.74, 6) is 0. The van der Waals surface area contributed by atoms with Crippen molar-refractivity contribution in [3.63, 3.8) is 0 Å². The first-order chi connectivity index (χ1) is 14.2. The van der Waals surface area contributed by atoms with Crippen LogP contribution in [0.15, 0.2) is 77.7 Å². The first kappa shape index (κ1) is 20.6. The van der Waals surface area contributed by atoms with Gasteiger partial charge in [0, 0.05) is 6.54 Å². The molecule has 0 radical (unpaired) electrons. The van der Waals surface area contributed by atoms with Crippen molar-refractivity contribution in [3.8, 4) is 0 Å². The Bertz CT molecular complexity index is 1150. The normalized spacial score (nSPS) is 17.1. The molecule has 30 heavy (non-hydrogen) atoms. The van der Waals surface area contributed by atoms with E-state index < -0.39 is 27.8 Å². The molecule has 3 aromatic rings. The molecule has 0 bridgehead atoms. The molecule has 3 aromatic carbocycles. The van der Waals surface area contributed by atoms with Crippen LogP contribution in [0.5, 0.6) is 0 Å². The Morgan fingerprint density at radius 1 is 0.933 bits per heavy atom. The van der Waals surface area contributed by atoms with Gasteiger partial charge in [0.2, 0.25) is 10.0 Å². The lowest BCUT2D eigenvalue weighted by molar-refractivity contribution is -0.137. The fourth-order valence-corrected chi connectivity index (χ4v) is 5.38. The average molecular weight is 431 g/mol. The molecule has 1 atom stereocenters. The summed E-state index contributed by atoms with van der Waals surface area (Å²) < 4.78 is 66.8. The van der Waals surface area contributed by atoms with Crippen molar-refractivity contribution in [3.05, 3.63) is 101 Å². The van der Waals surface area contributed by atoms with E-state index in [1.54, 1.807) is 24.3 Å². The minimum absolute atomic E-state index is 0.207. The van der Waals surface area contributed by atoms with Crippen LogP contribution in [0.4, 0.5) is 13.2 Å². The number of aryl methyl sites for hydroxylation is 1. The van der Waals surface area contributed by atoms with Crippen LogP contribution in [0.1, 0.15) is 33.9 Å². The number of hydrogen-bond donors (Lipinski definition) is 0. The highest BCUT2D eigenvalue weighted by molar-refractivity contribution is 7.89. The molecule has 1 aliphatic rings. The first-order valence-electron chi connectivity index (χ1n) is 9.49. The summed E-state index contributed by atoms with van der Waals surface area (Å²) in [6, 6.07) is 18.6. The molecule has 0 saturated heterocycles. The van der Waals surface area contributed by atoms with E-state index in [1.165, 1.54) is 16.4 Å². The monoisotopic (exact) mass is 431 g/mol. The standard InChI is InChI=1S/C23H20F3NO2S/c1-16-6-12-20(13-7-16)30(28,29)27-15-18-4-2-3-5-21(18)22(27)14-17-8-10-19(11-9-17)23(24,25)26/h2-13,22H,14-15H2,1H3. The number of halogens is 3. The lowest BCUT2D eigenvalue weighted by Gasteiger charge is -2.25. The quantitative estimate of drug-likeness (QED) is 0.547. The second-order valence-corrected chi connectivity index (χ2v) is 9.37. The summed E-state index contributed by atoms with van der Waals surface area (Å²) >= 11 is 0. The Morgan fingerprint density at radius 3 is 2.20 bits per heavy atom. The smallest absolute Gasteiger partial charge is 0.207 e. The largest absolute Gasteiger partial charge is 0.416 e. The van der Waals surface area contributed by atoms with Crippen LogP contribution in [-0.2, 0) is 29.2 Å². The van der Waals surface area contributed by atoms with Crippen LogP contribution >= 0.6 is 0 Å². The van der Waals surface area contributed by atoms with E-state index in [-0.39, 0.29) is 11.4 Å². The molecular weight excluding hydrogens is 411 g/mol. The van der Waals surface area contributed by atoms with Crippen molar-refractivity contribution in [2.75, 3.05) is 0 Å². The van der Waals surface area contributed by atoms with Crippen LogP contribution < -0.4 is 0 Å². The molecule has 0 fully saturated rings. The molecule has 0 aliphatic carbocycles. The Kier molecular flexibility index (Phi) is 5.20. The second kappa shape index (κ2) is 7.56. The van der Waals surface area contributed by atoms with Gasteiger partial charge in [-0.15, -0.1) is 0 Å². The predicted molar refractivity (Wildman–Crippen MR) is 108 cm³/mol. The SMILES string of the molecule is Cc1ccc(S(=O)(=O)N2Cc3ccccc3C2Cc2ccc(C(F)(F)F)cc2)cc1. The van der Waals surface area contributed by atoms with E-state index in [9.17, 15) is 21.6 Å². The van der Waals surface area contributed by atoms with Crippen LogP contribution in [0.2, 0.25) is 0 Å². The van der Waals surface area contributed by atoms with Crippen LogP contribution in [-0.4, -0.2) is 12.7 Å². The molecule has 1 unspecified atom stereocenters. The minimum Gasteiger partial charge on any atom is -0.207 e. The summed E-state index contributed by atoms with van der Waals surface area (Å²) in [5, 5.41) is 0. The zero-order valence-corrected chi connectivity index (χ0v) is 17.0. The van der Waals surface area contributed by atoms with Gasteiger partial charge in [0.15, 0.2) is 0 Å². The Hall–Kier alpha value is -2.64. The summed E-state index contributed by atoms with van der Waals surface area (Å²) in [7, 11) is -3.77. The molecule has 0 spiro atoms. The third-order valence-electron chi connectivity index (χ3n) is 5.43. The van der Waals surface area contributed by atoms with E-state index in [4.69, 9.17) is 0 Å². The Labute approximate surface area is 173 Å². The third-order valence-corrected chi connectivity index (χ3v) is 7.29.